The number of benzene rings is 1. The van der Waals surface area contributed by atoms with Crippen LogP contribution in [-0.4, -0.2) is 60.9 Å². The Bertz CT molecular complexity index is 565. The Kier molecular flexibility index (Phi) is 6.83. The SMILES string of the molecule is CCOC(=O)CSc1ccc(C(=O)C(C)(C)N2CCOCC2)cc1. The minimum absolute atomic E-state index is 0.103. The third-order valence-electron chi connectivity index (χ3n) is 4.14. The summed E-state index contributed by atoms with van der Waals surface area (Å²) in [6.07, 6.45) is 0. The highest BCUT2D eigenvalue weighted by atomic mass is 32.2. The largest absolute Gasteiger partial charge is 0.465 e. The van der Waals surface area contributed by atoms with Crippen molar-refractivity contribution in [3.63, 3.8) is 0 Å². The lowest BCUT2D eigenvalue weighted by molar-refractivity contribution is -0.139. The summed E-state index contributed by atoms with van der Waals surface area (Å²) in [5.74, 6) is 0.155. The second-order valence-electron chi connectivity index (χ2n) is 6.11. The van der Waals surface area contributed by atoms with E-state index in [2.05, 4.69) is 4.90 Å². The lowest BCUT2D eigenvalue weighted by Crippen LogP contribution is -2.54. The van der Waals surface area contributed by atoms with E-state index in [-0.39, 0.29) is 17.5 Å². The van der Waals surface area contributed by atoms with Crippen LogP contribution < -0.4 is 0 Å². The summed E-state index contributed by atoms with van der Waals surface area (Å²) in [4.78, 5) is 27.4. The number of carbonyl (C=O) groups excluding carboxylic acids is 2. The number of ketones is 1. The molecule has 1 heterocycles. The maximum absolute atomic E-state index is 12.9. The first-order valence-electron chi connectivity index (χ1n) is 8.21. The molecule has 1 fully saturated rings. The Morgan fingerprint density at radius 1 is 1.21 bits per heavy atom. The van der Waals surface area contributed by atoms with Crippen LogP contribution in [-0.2, 0) is 14.3 Å². The molecule has 132 valence electrons. The molecule has 0 atom stereocenters. The summed E-state index contributed by atoms with van der Waals surface area (Å²) in [6, 6.07) is 7.43. The van der Waals surface area contributed by atoms with Crippen molar-refractivity contribution in [2.24, 2.45) is 0 Å². The monoisotopic (exact) mass is 351 g/mol. The van der Waals surface area contributed by atoms with Gasteiger partial charge in [-0.15, -0.1) is 11.8 Å². The lowest BCUT2D eigenvalue weighted by Gasteiger charge is -2.39. The zero-order valence-electron chi connectivity index (χ0n) is 14.5. The van der Waals surface area contributed by atoms with Crippen molar-refractivity contribution in [2.45, 2.75) is 31.2 Å². The number of Topliss-reactive ketones (excluding diaryl/α,β-unsaturated/α-hetero) is 1. The average molecular weight is 351 g/mol. The van der Waals surface area contributed by atoms with E-state index in [9.17, 15) is 9.59 Å². The molecule has 6 heteroatoms. The number of thioether (sulfide) groups is 1. The highest BCUT2D eigenvalue weighted by Crippen LogP contribution is 2.24. The molecule has 1 aliphatic heterocycles. The van der Waals surface area contributed by atoms with Gasteiger partial charge in [0.15, 0.2) is 5.78 Å². The molecule has 1 aromatic rings. The molecule has 1 saturated heterocycles. The van der Waals surface area contributed by atoms with Gasteiger partial charge in [-0.05, 0) is 32.9 Å². The Morgan fingerprint density at radius 3 is 2.42 bits per heavy atom. The molecule has 0 bridgehead atoms. The normalized spacial score (nSPS) is 16.0. The van der Waals surface area contributed by atoms with Crippen LogP contribution in [0.4, 0.5) is 0 Å². The molecule has 0 amide bonds. The Morgan fingerprint density at radius 2 is 1.83 bits per heavy atom. The first kappa shape index (κ1) is 19.0. The van der Waals surface area contributed by atoms with Gasteiger partial charge in [0.05, 0.1) is 31.1 Å². The van der Waals surface area contributed by atoms with Gasteiger partial charge in [0.2, 0.25) is 0 Å². The topological polar surface area (TPSA) is 55.8 Å². The quantitative estimate of drug-likeness (QED) is 0.428. The molecule has 1 aliphatic rings. The summed E-state index contributed by atoms with van der Waals surface area (Å²) in [5.41, 5.74) is 0.135. The summed E-state index contributed by atoms with van der Waals surface area (Å²) >= 11 is 1.41. The van der Waals surface area contributed by atoms with E-state index in [0.29, 0.717) is 25.4 Å². The maximum Gasteiger partial charge on any atom is 0.316 e. The number of rotatable bonds is 7. The standard InChI is InChI=1S/C18H25NO4S/c1-4-23-16(20)13-24-15-7-5-14(6-8-15)17(21)18(2,3)19-9-11-22-12-10-19/h5-8H,4,9-13H2,1-3H3. The molecule has 0 saturated carbocycles. The summed E-state index contributed by atoms with van der Waals surface area (Å²) in [6.45, 7) is 8.98. The van der Waals surface area contributed by atoms with Crippen LogP contribution in [0.25, 0.3) is 0 Å². The van der Waals surface area contributed by atoms with E-state index in [4.69, 9.17) is 9.47 Å². The molecule has 0 radical (unpaired) electrons. The minimum Gasteiger partial charge on any atom is -0.465 e. The molecule has 2 rings (SSSR count). The summed E-state index contributed by atoms with van der Waals surface area (Å²) in [5, 5.41) is 0. The van der Waals surface area contributed by atoms with Crippen molar-refractivity contribution in [1.29, 1.82) is 0 Å². The van der Waals surface area contributed by atoms with Gasteiger partial charge >= 0.3 is 5.97 Å². The van der Waals surface area contributed by atoms with Crippen molar-refractivity contribution < 1.29 is 19.1 Å². The molecule has 0 aliphatic carbocycles. The van der Waals surface area contributed by atoms with Crippen molar-refractivity contribution in [3.8, 4) is 0 Å². The fourth-order valence-corrected chi connectivity index (χ4v) is 3.36. The molecule has 0 N–H and O–H groups in total. The van der Waals surface area contributed by atoms with Crippen LogP contribution in [0, 0.1) is 0 Å². The van der Waals surface area contributed by atoms with Crippen molar-refractivity contribution in [3.05, 3.63) is 29.8 Å². The van der Waals surface area contributed by atoms with Crippen LogP contribution in [0.1, 0.15) is 31.1 Å². The van der Waals surface area contributed by atoms with Crippen LogP contribution in [0.15, 0.2) is 29.2 Å². The summed E-state index contributed by atoms with van der Waals surface area (Å²) < 4.78 is 10.3. The zero-order chi connectivity index (χ0) is 17.6. The number of esters is 1. The number of nitrogens with zero attached hydrogens (tertiary/aromatic N) is 1. The van der Waals surface area contributed by atoms with E-state index in [0.717, 1.165) is 18.0 Å². The predicted molar refractivity (Wildman–Crippen MR) is 94.6 cm³/mol. The lowest BCUT2D eigenvalue weighted by atomic mass is 9.91. The zero-order valence-corrected chi connectivity index (χ0v) is 15.4. The van der Waals surface area contributed by atoms with Crippen molar-refractivity contribution >= 4 is 23.5 Å². The Balaban J connectivity index is 1.98. The fourth-order valence-electron chi connectivity index (χ4n) is 2.67. The van der Waals surface area contributed by atoms with Gasteiger partial charge < -0.3 is 9.47 Å². The smallest absolute Gasteiger partial charge is 0.316 e. The fraction of sp³-hybridized carbons (Fsp3) is 0.556. The average Bonchev–Trinajstić information content (AvgIpc) is 2.61. The highest BCUT2D eigenvalue weighted by molar-refractivity contribution is 8.00. The van der Waals surface area contributed by atoms with Gasteiger partial charge in [0, 0.05) is 23.5 Å². The van der Waals surface area contributed by atoms with Crippen LogP contribution >= 0.6 is 11.8 Å². The third-order valence-corrected chi connectivity index (χ3v) is 5.12. The number of hydrogen-bond acceptors (Lipinski definition) is 6. The molecular formula is C18H25NO4S. The number of carbonyl (C=O) groups is 2. The second-order valence-corrected chi connectivity index (χ2v) is 7.15. The molecule has 0 aromatic heterocycles. The van der Waals surface area contributed by atoms with Gasteiger partial charge in [-0.3, -0.25) is 14.5 Å². The minimum atomic E-state index is -0.552. The maximum atomic E-state index is 12.9. The van der Waals surface area contributed by atoms with Gasteiger partial charge in [-0.1, -0.05) is 12.1 Å². The number of hydrogen-bond donors (Lipinski definition) is 0. The van der Waals surface area contributed by atoms with Gasteiger partial charge in [0.25, 0.3) is 0 Å². The van der Waals surface area contributed by atoms with E-state index in [1.54, 1.807) is 6.92 Å². The Labute approximate surface area is 147 Å². The van der Waals surface area contributed by atoms with Gasteiger partial charge in [0.1, 0.15) is 0 Å². The Hall–Kier alpha value is -1.37. The molecular weight excluding hydrogens is 326 g/mol. The van der Waals surface area contributed by atoms with E-state index >= 15 is 0 Å². The van der Waals surface area contributed by atoms with Crippen LogP contribution in [0.3, 0.4) is 0 Å². The van der Waals surface area contributed by atoms with E-state index in [1.807, 2.05) is 38.1 Å². The third kappa shape index (κ3) is 4.82. The first-order valence-corrected chi connectivity index (χ1v) is 9.19. The van der Waals surface area contributed by atoms with Gasteiger partial charge in [-0.2, -0.15) is 0 Å². The van der Waals surface area contributed by atoms with Crippen molar-refractivity contribution in [1.82, 2.24) is 4.90 Å². The summed E-state index contributed by atoms with van der Waals surface area (Å²) in [7, 11) is 0. The number of morpholine rings is 1. The molecule has 0 spiro atoms. The molecule has 5 nitrogen and oxygen atoms in total. The van der Waals surface area contributed by atoms with Crippen molar-refractivity contribution in [2.75, 3.05) is 38.7 Å². The molecule has 24 heavy (non-hydrogen) atoms. The molecule has 0 unspecified atom stereocenters. The van der Waals surface area contributed by atoms with Gasteiger partial charge in [-0.25, -0.2) is 0 Å². The second kappa shape index (κ2) is 8.65. The molecule has 1 aromatic carbocycles. The van der Waals surface area contributed by atoms with Crippen LogP contribution in [0.5, 0.6) is 0 Å². The van der Waals surface area contributed by atoms with E-state index in [1.165, 1.54) is 11.8 Å². The highest BCUT2D eigenvalue weighted by Gasteiger charge is 2.35. The van der Waals surface area contributed by atoms with E-state index < -0.39 is 5.54 Å². The number of ether oxygens (including phenoxy) is 2. The van der Waals surface area contributed by atoms with Crippen LogP contribution in [0.2, 0.25) is 0 Å². The first-order chi connectivity index (χ1) is 11.4. The predicted octanol–water partition coefficient (Wildman–Crippen LogP) is 2.64.